The number of hydrogen-bond donors (Lipinski definition) is 0. The van der Waals surface area contributed by atoms with Gasteiger partial charge in [0.2, 0.25) is 0 Å². The van der Waals surface area contributed by atoms with Gasteiger partial charge in [-0.25, -0.2) is 4.79 Å². The summed E-state index contributed by atoms with van der Waals surface area (Å²) in [4.78, 5) is 11.3. The molecule has 0 spiro atoms. The Morgan fingerprint density at radius 3 is 2.43 bits per heavy atom. The van der Waals surface area contributed by atoms with Gasteiger partial charge in [-0.15, -0.1) is 0 Å². The van der Waals surface area contributed by atoms with Crippen LogP contribution in [0.15, 0.2) is 12.1 Å². The van der Waals surface area contributed by atoms with Gasteiger partial charge in [0.05, 0.1) is 18.2 Å². The first-order valence-electron chi connectivity index (χ1n) is 4.19. The standard InChI is InChI=1S/C11H11NO2/c1-7-4-9(6-12)10(5-8(7)2)11(13)14-3/h4-5H,1-3H3. The molecule has 14 heavy (non-hydrogen) atoms. The van der Waals surface area contributed by atoms with E-state index in [1.54, 1.807) is 12.1 Å². The minimum Gasteiger partial charge on any atom is -0.465 e. The number of benzene rings is 1. The van der Waals surface area contributed by atoms with Crippen LogP contribution in [0.2, 0.25) is 0 Å². The molecule has 0 amide bonds. The zero-order valence-electron chi connectivity index (χ0n) is 8.42. The Morgan fingerprint density at radius 1 is 1.36 bits per heavy atom. The predicted molar refractivity (Wildman–Crippen MR) is 52.0 cm³/mol. The summed E-state index contributed by atoms with van der Waals surface area (Å²) in [6.45, 7) is 3.79. The van der Waals surface area contributed by atoms with Crippen molar-refractivity contribution in [3.63, 3.8) is 0 Å². The summed E-state index contributed by atoms with van der Waals surface area (Å²) in [6, 6.07) is 5.35. The predicted octanol–water partition coefficient (Wildman–Crippen LogP) is 1.96. The minimum atomic E-state index is -0.468. The van der Waals surface area contributed by atoms with E-state index in [4.69, 9.17) is 5.26 Å². The highest BCUT2D eigenvalue weighted by molar-refractivity contribution is 5.92. The molecule has 3 nitrogen and oxygen atoms in total. The first kappa shape index (κ1) is 10.3. The topological polar surface area (TPSA) is 50.1 Å². The number of ether oxygens (including phenoxy) is 1. The number of carbonyl (C=O) groups is 1. The molecule has 0 aliphatic rings. The number of carbonyl (C=O) groups excluding carboxylic acids is 1. The van der Waals surface area contributed by atoms with Gasteiger partial charge in [0.15, 0.2) is 0 Å². The Bertz CT molecular complexity index is 416. The molecule has 1 aromatic carbocycles. The molecule has 0 N–H and O–H groups in total. The van der Waals surface area contributed by atoms with E-state index >= 15 is 0 Å². The Balaban J connectivity index is 3.36. The van der Waals surface area contributed by atoms with Crippen LogP contribution in [-0.2, 0) is 4.74 Å². The normalized spacial score (nSPS) is 9.29. The summed E-state index contributed by atoms with van der Waals surface area (Å²) in [7, 11) is 1.30. The number of hydrogen-bond acceptors (Lipinski definition) is 3. The second kappa shape index (κ2) is 3.93. The fourth-order valence-corrected chi connectivity index (χ4v) is 1.19. The van der Waals surface area contributed by atoms with Crippen molar-refractivity contribution in [2.75, 3.05) is 7.11 Å². The van der Waals surface area contributed by atoms with Crippen molar-refractivity contribution >= 4 is 5.97 Å². The molecule has 1 rings (SSSR count). The summed E-state index contributed by atoms with van der Waals surface area (Å²) >= 11 is 0. The van der Waals surface area contributed by atoms with E-state index in [0.717, 1.165) is 11.1 Å². The average molecular weight is 189 g/mol. The van der Waals surface area contributed by atoms with Gasteiger partial charge in [0.1, 0.15) is 6.07 Å². The molecule has 0 bridgehead atoms. The van der Waals surface area contributed by atoms with Gasteiger partial charge in [0.25, 0.3) is 0 Å². The fraction of sp³-hybridized carbons (Fsp3) is 0.273. The van der Waals surface area contributed by atoms with E-state index in [0.29, 0.717) is 11.1 Å². The molecule has 0 unspecified atom stereocenters. The highest BCUT2D eigenvalue weighted by atomic mass is 16.5. The van der Waals surface area contributed by atoms with Crippen molar-refractivity contribution < 1.29 is 9.53 Å². The molecular weight excluding hydrogens is 178 g/mol. The molecule has 0 saturated heterocycles. The zero-order valence-corrected chi connectivity index (χ0v) is 8.42. The van der Waals surface area contributed by atoms with E-state index < -0.39 is 5.97 Å². The number of nitrogens with zero attached hydrogens (tertiary/aromatic N) is 1. The Labute approximate surface area is 82.9 Å². The second-order valence-electron chi connectivity index (χ2n) is 3.09. The quantitative estimate of drug-likeness (QED) is 0.634. The van der Waals surface area contributed by atoms with Crippen molar-refractivity contribution in [3.8, 4) is 6.07 Å². The van der Waals surface area contributed by atoms with Crippen molar-refractivity contribution in [2.24, 2.45) is 0 Å². The van der Waals surface area contributed by atoms with Crippen molar-refractivity contribution in [3.05, 3.63) is 34.4 Å². The summed E-state index contributed by atoms with van der Waals surface area (Å²) < 4.78 is 4.58. The maximum absolute atomic E-state index is 11.3. The smallest absolute Gasteiger partial charge is 0.339 e. The molecule has 0 atom stereocenters. The molecule has 0 heterocycles. The van der Waals surface area contributed by atoms with E-state index in [2.05, 4.69) is 4.74 Å². The van der Waals surface area contributed by atoms with Crippen LogP contribution in [0.4, 0.5) is 0 Å². The second-order valence-corrected chi connectivity index (χ2v) is 3.09. The van der Waals surface area contributed by atoms with Crippen LogP contribution in [0.5, 0.6) is 0 Å². The van der Waals surface area contributed by atoms with E-state index in [1.807, 2.05) is 19.9 Å². The fourth-order valence-electron chi connectivity index (χ4n) is 1.19. The van der Waals surface area contributed by atoms with Gasteiger partial charge >= 0.3 is 5.97 Å². The molecule has 1 aromatic rings. The van der Waals surface area contributed by atoms with Gasteiger partial charge in [-0.3, -0.25) is 0 Å². The monoisotopic (exact) mass is 189 g/mol. The van der Waals surface area contributed by atoms with Crippen molar-refractivity contribution in [1.82, 2.24) is 0 Å². The summed E-state index contributed by atoms with van der Waals surface area (Å²) in [5.41, 5.74) is 2.66. The number of esters is 1. The SMILES string of the molecule is COC(=O)c1cc(C)c(C)cc1C#N. The van der Waals surface area contributed by atoms with Crippen LogP contribution >= 0.6 is 0 Å². The maximum Gasteiger partial charge on any atom is 0.339 e. The lowest BCUT2D eigenvalue weighted by atomic mass is 10.0. The molecule has 0 aliphatic carbocycles. The minimum absolute atomic E-state index is 0.332. The third-order valence-corrected chi connectivity index (χ3v) is 2.16. The van der Waals surface area contributed by atoms with Crippen molar-refractivity contribution in [2.45, 2.75) is 13.8 Å². The lowest BCUT2D eigenvalue weighted by Crippen LogP contribution is -2.05. The number of rotatable bonds is 1. The van der Waals surface area contributed by atoms with E-state index in [9.17, 15) is 4.79 Å². The largest absolute Gasteiger partial charge is 0.465 e. The Kier molecular flexibility index (Phi) is 2.88. The Morgan fingerprint density at radius 2 is 1.93 bits per heavy atom. The van der Waals surface area contributed by atoms with Gasteiger partial charge in [-0.1, -0.05) is 0 Å². The first-order valence-corrected chi connectivity index (χ1v) is 4.19. The number of methoxy groups -OCH3 is 1. The average Bonchev–Trinajstić information content (AvgIpc) is 2.20. The van der Waals surface area contributed by atoms with Crippen LogP contribution in [0.3, 0.4) is 0 Å². The first-order chi connectivity index (χ1) is 6.60. The molecule has 0 aromatic heterocycles. The molecule has 3 heteroatoms. The van der Waals surface area contributed by atoms with Gasteiger partial charge in [0, 0.05) is 0 Å². The maximum atomic E-state index is 11.3. The molecule has 72 valence electrons. The lowest BCUT2D eigenvalue weighted by molar-refractivity contribution is 0.0600. The number of aryl methyl sites for hydroxylation is 2. The zero-order chi connectivity index (χ0) is 10.7. The third kappa shape index (κ3) is 1.74. The third-order valence-electron chi connectivity index (χ3n) is 2.16. The highest BCUT2D eigenvalue weighted by Gasteiger charge is 2.12. The van der Waals surface area contributed by atoms with Gasteiger partial charge in [-0.05, 0) is 37.1 Å². The molecule has 0 radical (unpaired) electrons. The van der Waals surface area contributed by atoms with Crippen LogP contribution in [0.25, 0.3) is 0 Å². The molecule has 0 aliphatic heterocycles. The summed E-state index contributed by atoms with van der Waals surface area (Å²) in [5.74, 6) is -0.468. The van der Waals surface area contributed by atoms with Crippen LogP contribution in [-0.4, -0.2) is 13.1 Å². The van der Waals surface area contributed by atoms with Gasteiger partial charge in [-0.2, -0.15) is 5.26 Å². The van der Waals surface area contributed by atoms with E-state index in [-0.39, 0.29) is 0 Å². The van der Waals surface area contributed by atoms with E-state index in [1.165, 1.54) is 7.11 Å². The Hall–Kier alpha value is -1.82. The van der Waals surface area contributed by atoms with Crippen molar-refractivity contribution in [1.29, 1.82) is 5.26 Å². The van der Waals surface area contributed by atoms with Crippen LogP contribution in [0.1, 0.15) is 27.0 Å². The molecular formula is C11H11NO2. The molecule has 0 fully saturated rings. The highest BCUT2D eigenvalue weighted by Crippen LogP contribution is 2.16. The summed E-state index contributed by atoms with van der Waals surface area (Å²) in [5, 5.41) is 8.82. The van der Waals surface area contributed by atoms with Gasteiger partial charge < -0.3 is 4.74 Å². The van der Waals surface area contributed by atoms with Crippen LogP contribution < -0.4 is 0 Å². The molecule has 0 saturated carbocycles. The summed E-state index contributed by atoms with van der Waals surface area (Å²) in [6.07, 6.45) is 0. The lowest BCUT2D eigenvalue weighted by Gasteiger charge is -2.05. The number of nitriles is 1. The van der Waals surface area contributed by atoms with Crippen LogP contribution in [0, 0.1) is 25.2 Å².